The van der Waals surface area contributed by atoms with Crippen molar-refractivity contribution in [2.75, 3.05) is 0 Å². The summed E-state index contributed by atoms with van der Waals surface area (Å²) in [6.45, 7) is 5.41. The van der Waals surface area contributed by atoms with Gasteiger partial charge in [0.25, 0.3) is 0 Å². The molecule has 0 saturated heterocycles. The van der Waals surface area contributed by atoms with Crippen molar-refractivity contribution in [2.45, 2.75) is 6.92 Å². The molecular weight excluding hydrogens is 424 g/mol. The van der Waals surface area contributed by atoms with Gasteiger partial charge in [0, 0.05) is 29.0 Å². The van der Waals surface area contributed by atoms with Crippen LogP contribution in [-0.2, 0) is 0 Å². The molecule has 1 aromatic carbocycles. The van der Waals surface area contributed by atoms with Gasteiger partial charge < -0.3 is 0 Å². The average molecular weight is 442 g/mol. The molecule has 0 radical (unpaired) electrons. The molecule has 0 aliphatic carbocycles. The van der Waals surface area contributed by atoms with Crippen LogP contribution < -0.4 is 0 Å². The fraction of sp³-hybridized carbons (Fsp3) is 0.0455. The number of hydrogen-bond acceptors (Lipinski definition) is 3. The number of halogens is 3. The molecule has 6 heteroatoms. The molecule has 0 bridgehead atoms. The fourth-order valence-electron chi connectivity index (χ4n) is 2.60. The van der Waals surface area contributed by atoms with Gasteiger partial charge >= 0.3 is 0 Å². The van der Waals surface area contributed by atoms with Crippen LogP contribution in [0.2, 0.25) is 0 Å². The molecule has 0 saturated carbocycles. The van der Waals surface area contributed by atoms with E-state index in [0.717, 1.165) is 12.1 Å². The third kappa shape index (κ3) is 4.84. The van der Waals surface area contributed by atoms with Crippen LogP contribution in [-0.4, -0.2) is 15.3 Å². The molecule has 28 heavy (non-hydrogen) atoms. The van der Waals surface area contributed by atoms with Gasteiger partial charge in [-0.25, -0.2) is 8.78 Å². The van der Waals surface area contributed by atoms with Gasteiger partial charge in [0.15, 0.2) is 0 Å². The summed E-state index contributed by atoms with van der Waals surface area (Å²) in [5.74, 6) is -1.58. The van der Waals surface area contributed by atoms with E-state index in [-0.39, 0.29) is 21.5 Å². The minimum absolute atomic E-state index is 0.0141. The number of pyridine rings is 1. The number of rotatable bonds is 7. The highest BCUT2D eigenvalue weighted by molar-refractivity contribution is 9.18. The second kappa shape index (κ2) is 9.80. The van der Waals surface area contributed by atoms with E-state index in [9.17, 15) is 8.78 Å². The van der Waals surface area contributed by atoms with E-state index in [0.29, 0.717) is 16.8 Å². The molecule has 2 rings (SSSR count). The van der Waals surface area contributed by atoms with Crippen LogP contribution >= 0.6 is 15.9 Å². The quantitative estimate of drug-likeness (QED) is 0.387. The van der Waals surface area contributed by atoms with Crippen LogP contribution in [0.4, 0.5) is 8.78 Å². The Bertz CT molecular complexity index is 1010. The molecule has 1 aromatic heterocycles. The highest BCUT2D eigenvalue weighted by Crippen LogP contribution is 2.30. The van der Waals surface area contributed by atoms with Gasteiger partial charge in [-0.05, 0) is 52.7 Å². The van der Waals surface area contributed by atoms with Crippen LogP contribution in [0.15, 0.2) is 84.6 Å². The molecular formula is C22H18BrF2N3. The highest BCUT2D eigenvalue weighted by Gasteiger charge is 2.23. The summed E-state index contributed by atoms with van der Waals surface area (Å²) < 4.78 is 27.7. The second-order valence-corrected chi connectivity index (χ2v) is 6.41. The standard InChI is InChI=1S/C22H18BrF2N3/c1-3-5-8-14(4-2)19(20(22(23)27)18-9-6-7-12-28-18)21(26)16-11-10-15(24)13-17(16)25/h3-13,26-27H,1H2,2H3/b8-5-,14-4+,20-19-,26-21?,27-22?. The van der Waals surface area contributed by atoms with Crippen molar-refractivity contribution < 1.29 is 8.78 Å². The molecule has 0 aliphatic heterocycles. The van der Waals surface area contributed by atoms with E-state index in [1.54, 1.807) is 55.6 Å². The van der Waals surface area contributed by atoms with Gasteiger partial charge in [-0.15, -0.1) is 0 Å². The maximum absolute atomic E-state index is 14.4. The predicted octanol–water partition coefficient (Wildman–Crippen LogP) is 6.24. The molecule has 0 unspecified atom stereocenters. The Balaban J connectivity index is 2.85. The first-order chi connectivity index (χ1) is 13.4. The van der Waals surface area contributed by atoms with Crippen molar-refractivity contribution in [3.05, 3.63) is 108 Å². The summed E-state index contributed by atoms with van der Waals surface area (Å²) in [6, 6.07) is 8.23. The Morgan fingerprint density at radius 3 is 2.46 bits per heavy atom. The monoisotopic (exact) mass is 441 g/mol. The van der Waals surface area contributed by atoms with Crippen molar-refractivity contribution in [1.82, 2.24) is 4.98 Å². The zero-order chi connectivity index (χ0) is 20.7. The average Bonchev–Trinajstić information content (AvgIpc) is 2.67. The van der Waals surface area contributed by atoms with E-state index in [1.807, 2.05) is 0 Å². The van der Waals surface area contributed by atoms with Gasteiger partial charge in [-0.2, -0.15) is 0 Å². The van der Waals surface area contributed by atoms with E-state index < -0.39 is 11.6 Å². The first-order valence-electron chi connectivity index (χ1n) is 8.31. The van der Waals surface area contributed by atoms with Crippen molar-refractivity contribution in [2.24, 2.45) is 0 Å². The summed E-state index contributed by atoms with van der Waals surface area (Å²) in [6.07, 6.45) is 8.27. The Morgan fingerprint density at radius 1 is 1.18 bits per heavy atom. The lowest BCUT2D eigenvalue weighted by atomic mass is 9.89. The van der Waals surface area contributed by atoms with Crippen LogP contribution in [0.25, 0.3) is 5.57 Å². The Hall–Kier alpha value is -2.99. The number of hydrogen-bond donors (Lipinski definition) is 2. The number of allylic oxidation sites excluding steroid dienone is 7. The predicted molar refractivity (Wildman–Crippen MR) is 114 cm³/mol. The highest BCUT2D eigenvalue weighted by atomic mass is 79.9. The van der Waals surface area contributed by atoms with Gasteiger partial charge in [0.2, 0.25) is 0 Å². The zero-order valence-electron chi connectivity index (χ0n) is 15.1. The van der Waals surface area contributed by atoms with Gasteiger partial charge in [0.05, 0.1) is 11.4 Å². The summed E-state index contributed by atoms with van der Waals surface area (Å²) >= 11 is 3.18. The molecule has 142 valence electrons. The molecule has 2 aromatic rings. The van der Waals surface area contributed by atoms with Crippen molar-refractivity contribution in [3.8, 4) is 0 Å². The number of benzene rings is 1. The third-order valence-corrected chi connectivity index (χ3v) is 4.25. The first-order valence-corrected chi connectivity index (χ1v) is 9.10. The normalized spacial score (nSPS) is 12.6. The minimum atomic E-state index is -0.855. The lowest BCUT2D eigenvalue weighted by Gasteiger charge is -2.17. The maximum atomic E-state index is 14.4. The van der Waals surface area contributed by atoms with Crippen LogP contribution in [0.1, 0.15) is 18.2 Å². The molecule has 1 heterocycles. The topological polar surface area (TPSA) is 60.6 Å². The van der Waals surface area contributed by atoms with E-state index in [2.05, 4.69) is 27.5 Å². The van der Waals surface area contributed by atoms with Crippen molar-refractivity contribution >= 4 is 31.8 Å². The SMILES string of the molecule is C=C\C=C/C(=C\C)C(/C(=N)c1ccc(F)cc1F)=C(/C(=N)Br)c1ccccn1. The molecule has 0 amide bonds. The molecule has 0 atom stereocenters. The Kier molecular flexibility index (Phi) is 7.46. The molecule has 0 fully saturated rings. The largest absolute Gasteiger partial charge is 0.299 e. The van der Waals surface area contributed by atoms with Gasteiger partial charge in [-0.3, -0.25) is 15.8 Å². The van der Waals surface area contributed by atoms with Crippen LogP contribution in [0.5, 0.6) is 0 Å². The smallest absolute Gasteiger partial charge is 0.135 e. The van der Waals surface area contributed by atoms with Crippen LogP contribution in [0, 0.1) is 22.5 Å². The number of nitrogens with one attached hydrogen (secondary N) is 2. The lowest BCUT2D eigenvalue weighted by molar-refractivity contribution is 0.581. The van der Waals surface area contributed by atoms with Crippen LogP contribution in [0.3, 0.4) is 0 Å². The first kappa shape index (κ1) is 21.3. The minimum Gasteiger partial charge on any atom is -0.299 e. The summed E-state index contributed by atoms with van der Waals surface area (Å²) in [5, 5.41) is 16.9. The van der Waals surface area contributed by atoms with Crippen molar-refractivity contribution in [1.29, 1.82) is 10.8 Å². The third-order valence-electron chi connectivity index (χ3n) is 3.85. The maximum Gasteiger partial charge on any atom is 0.135 e. The lowest BCUT2D eigenvalue weighted by Crippen LogP contribution is -2.13. The summed E-state index contributed by atoms with van der Waals surface area (Å²) in [4.78, 5) is 4.28. The molecule has 3 nitrogen and oxygen atoms in total. The fourth-order valence-corrected chi connectivity index (χ4v) is 3.00. The van der Waals surface area contributed by atoms with Gasteiger partial charge in [0.1, 0.15) is 16.3 Å². The van der Waals surface area contributed by atoms with E-state index in [1.165, 1.54) is 6.07 Å². The zero-order valence-corrected chi connectivity index (χ0v) is 16.7. The summed E-state index contributed by atoms with van der Waals surface area (Å²) in [7, 11) is 0. The molecule has 0 spiro atoms. The second-order valence-electron chi connectivity index (χ2n) is 5.62. The van der Waals surface area contributed by atoms with Crippen molar-refractivity contribution in [3.63, 3.8) is 0 Å². The van der Waals surface area contributed by atoms with Gasteiger partial charge in [-0.1, -0.05) is 36.9 Å². The van der Waals surface area contributed by atoms with E-state index >= 15 is 0 Å². The van der Waals surface area contributed by atoms with E-state index in [4.69, 9.17) is 10.8 Å². The molecule has 0 aliphatic rings. The Morgan fingerprint density at radius 2 is 1.93 bits per heavy atom. The number of nitrogens with zero attached hydrogens (tertiary/aromatic N) is 1. The number of aromatic nitrogens is 1. The Labute approximate surface area is 171 Å². The molecule has 2 N–H and O–H groups in total. The summed E-state index contributed by atoms with van der Waals surface area (Å²) in [5.41, 5.74) is 1.34.